The van der Waals surface area contributed by atoms with Crippen molar-refractivity contribution in [2.24, 2.45) is 7.05 Å². The topological polar surface area (TPSA) is 63.9 Å². The molecule has 118 valence electrons. The predicted molar refractivity (Wildman–Crippen MR) is 89.7 cm³/mol. The molecule has 0 unspecified atom stereocenters. The van der Waals surface area contributed by atoms with Crippen LogP contribution in [0, 0.1) is 0 Å². The molecule has 3 rings (SSSR count). The lowest BCUT2D eigenvalue weighted by Gasteiger charge is -2.09. The Bertz CT molecular complexity index is 776. The number of hydrogen-bond donors (Lipinski definition) is 2. The van der Waals surface area contributed by atoms with Gasteiger partial charge in [0.15, 0.2) is 0 Å². The van der Waals surface area contributed by atoms with Crippen molar-refractivity contribution >= 4 is 11.7 Å². The minimum Gasteiger partial charge on any atom is -0.338 e. The lowest BCUT2D eigenvalue weighted by atomic mass is 10.2. The molecule has 6 heteroatoms. The van der Waals surface area contributed by atoms with Crippen LogP contribution in [0.2, 0.25) is 0 Å². The van der Waals surface area contributed by atoms with Crippen LogP contribution in [0.15, 0.2) is 61.2 Å². The first kappa shape index (κ1) is 14.9. The van der Waals surface area contributed by atoms with Crippen LogP contribution in [0.3, 0.4) is 0 Å². The standard InChI is InChI=1S/C17H19N5O/c1-21-13-14(12-19-21)7-8-18-17(23)20-15-5-4-6-16(11-15)22-9-2-3-10-22/h2-6,9-13H,7-8H2,1H3,(H2,18,20,23). The maximum Gasteiger partial charge on any atom is 0.319 e. The Hall–Kier alpha value is -3.02. The van der Waals surface area contributed by atoms with Gasteiger partial charge in [-0.1, -0.05) is 6.07 Å². The molecule has 1 aromatic carbocycles. The summed E-state index contributed by atoms with van der Waals surface area (Å²) in [7, 11) is 1.88. The number of hydrogen-bond acceptors (Lipinski definition) is 2. The van der Waals surface area contributed by atoms with Gasteiger partial charge in [-0.15, -0.1) is 0 Å². The van der Waals surface area contributed by atoms with Crippen LogP contribution in [-0.4, -0.2) is 26.9 Å². The highest BCUT2D eigenvalue weighted by Crippen LogP contribution is 2.14. The summed E-state index contributed by atoms with van der Waals surface area (Å²) >= 11 is 0. The van der Waals surface area contributed by atoms with Crippen LogP contribution in [0.5, 0.6) is 0 Å². The highest BCUT2D eigenvalue weighted by atomic mass is 16.2. The van der Waals surface area contributed by atoms with E-state index < -0.39 is 0 Å². The monoisotopic (exact) mass is 309 g/mol. The normalized spacial score (nSPS) is 10.5. The second kappa shape index (κ2) is 6.83. The fourth-order valence-electron chi connectivity index (χ4n) is 2.35. The summed E-state index contributed by atoms with van der Waals surface area (Å²) < 4.78 is 3.74. The van der Waals surface area contributed by atoms with Crippen molar-refractivity contribution in [2.75, 3.05) is 11.9 Å². The van der Waals surface area contributed by atoms with E-state index in [0.29, 0.717) is 6.54 Å². The van der Waals surface area contributed by atoms with E-state index in [2.05, 4.69) is 15.7 Å². The first-order valence-corrected chi connectivity index (χ1v) is 7.46. The zero-order chi connectivity index (χ0) is 16.1. The van der Waals surface area contributed by atoms with Gasteiger partial charge < -0.3 is 15.2 Å². The number of amides is 2. The molecule has 0 radical (unpaired) electrons. The van der Waals surface area contributed by atoms with Crippen molar-refractivity contribution < 1.29 is 4.79 Å². The third kappa shape index (κ3) is 4.00. The van der Waals surface area contributed by atoms with Crippen molar-refractivity contribution in [2.45, 2.75) is 6.42 Å². The van der Waals surface area contributed by atoms with Gasteiger partial charge in [0, 0.05) is 43.6 Å². The van der Waals surface area contributed by atoms with E-state index in [1.54, 1.807) is 10.9 Å². The SMILES string of the molecule is Cn1cc(CCNC(=O)Nc2cccc(-n3cccc3)c2)cn1. The molecular weight excluding hydrogens is 290 g/mol. The lowest BCUT2D eigenvalue weighted by molar-refractivity contribution is 0.252. The molecule has 6 nitrogen and oxygen atoms in total. The fourth-order valence-corrected chi connectivity index (χ4v) is 2.35. The largest absolute Gasteiger partial charge is 0.338 e. The molecular formula is C17H19N5O. The van der Waals surface area contributed by atoms with Gasteiger partial charge in [-0.25, -0.2) is 4.79 Å². The van der Waals surface area contributed by atoms with Gasteiger partial charge in [0.25, 0.3) is 0 Å². The second-order valence-corrected chi connectivity index (χ2v) is 5.29. The van der Waals surface area contributed by atoms with E-state index in [9.17, 15) is 4.79 Å². The zero-order valence-corrected chi connectivity index (χ0v) is 12.9. The van der Waals surface area contributed by atoms with Crippen LogP contribution in [0.1, 0.15) is 5.56 Å². The summed E-state index contributed by atoms with van der Waals surface area (Å²) in [4.78, 5) is 12.0. The fraction of sp³-hybridized carbons (Fsp3) is 0.176. The van der Waals surface area contributed by atoms with E-state index in [-0.39, 0.29) is 6.03 Å². The summed E-state index contributed by atoms with van der Waals surface area (Å²) in [5.41, 5.74) is 2.86. The van der Waals surface area contributed by atoms with Gasteiger partial charge in [-0.3, -0.25) is 4.68 Å². The van der Waals surface area contributed by atoms with Gasteiger partial charge >= 0.3 is 6.03 Å². The van der Waals surface area contributed by atoms with Crippen molar-refractivity contribution in [3.05, 3.63) is 66.7 Å². The van der Waals surface area contributed by atoms with Crippen LogP contribution in [0.25, 0.3) is 5.69 Å². The number of anilines is 1. The van der Waals surface area contributed by atoms with E-state index in [1.807, 2.05) is 66.6 Å². The molecule has 0 saturated heterocycles. The average molecular weight is 309 g/mol. The molecule has 2 amide bonds. The number of urea groups is 1. The number of rotatable bonds is 5. The Morgan fingerprint density at radius 1 is 1.22 bits per heavy atom. The minimum absolute atomic E-state index is 0.210. The molecule has 3 aromatic rings. The Kier molecular flexibility index (Phi) is 4.42. The number of nitrogens with one attached hydrogen (secondary N) is 2. The third-order valence-electron chi connectivity index (χ3n) is 3.46. The summed E-state index contributed by atoms with van der Waals surface area (Å²) in [6.45, 7) is 0.564. The molecule has 2 N–H and O–H groups in total. The Labute approximate surface area is 134 Å². The number of benzene rings is 1. The zero-order valence-electron chi connectivity index (χ0n) is 12.9. The predicted octanol–water partition coefficient (Wildman–Crippen LogP) is 2.58. The van der Waals surface area contributed by atoms with E-state index >= 15 is 0 Å². The van der Waals surface area contributed by atoms with E-state index in [0.717, 1.165) is 23.4 Å². The lowest BCUT2D eigenvalue weighted by Crippen LogP contribution is -2.30. The molecule has 0 spiro atoms. The van der Waals surface area contributed by atoms with Crippen molar-refractivity contribution in [3.63, 3.8) is 0 Å². The number of carbonyl (C=O) groups is 1. The summed E-state index contributed by atoms with van der Waals surface area (Å²) in [6, 6.07) is 11.4. The molecule has 0 fully saturated rings. The van der Waals surface area contributed by atoms with Gasteiger partial charge in [0.05, 0.1) is 6.20 Å². The van der Waals surface area contributed by atoms with Crippen LogP contribution in [0.4, 0.5) is 10.5 Å². The van der Waals surface area contributed by atoms with Gasteiger partial charge in [-0.2, -0.15) is 5.10 Å². The summed E-state index contributed by atoms with van der Waals surface area (Å²) in [5.74, 6) is 0. The molecule has 23 heavy (non-hydrogen) atoms. The first-order valence-electron chi connectivity index (χ1n) is 7.46. The van der Waals surface area contributed by atoms with Crippen molar-refractivity contribution in [3.8, 4) is 5.69 Å². The average Bonchev–Trinajstić information content (AvgIpc) is 3.19. The van der Waals surface area contributed by atoms with Gasteiger partial charge in [-0.05, 0) is 42.3 Å². The quantitative estimate of drug-likeness (QED) is 0.761. The number of aryl methyl sites for hydroxylation is 1. The molecule has 0 aliphatic rings. The maximum atomic E-state index is 12.0. The number of aromatic nitrogens is 3. The molecule has 0 aliphatic carbocycles. The molecule has 2 aromatic heterocycles. The Morgan fingerprint density at radius 2 is 2.04 bits per heavy atom. The van der Waals surface area contributed by atoms with E-state index in [1.165, 1.54) is 0 Å². The van der Waals surface area contributed by atoms with E-state index in [4.69, 9.17) is 0 Å². The number of carbonyl (C=O) groups excluding carboxylic acids is 1. The molecule has 0 saturated carbocycles. The van der Waals surface area contributed by atoms with Crippen molar-refractivity contribution in [1.29, 1.82) is 0 Å². The number of nitrogens with zero attached hydrogens (tertiary/aromatic N) is 3. The highest BCUT2D eigenvalue weighted by Gasteiger charge is 2.03. The summed E-state index contributed by atoms with van der Waals surface area (Å²) in [6.07, 6.45) is 8.44. The highest BCUT2D eigenvalue weighted by molar-refractivity contribution is 5.89. The smallest absolute Gasteiger partial charge is 0.319 e. The van der Waals surface area contributed by atoms with Crippen LogP contribution in [-0.2, 0) is 13.5 Å². The third-order valence-corrected chi connectivity index (χ3v) is 3.46. The molecule has 0 bridgehead atoms. The maximum absolute atomic E-state index is 12.0. The summed E-state index contributed by atoms with van der Waals surface area (Å²) in [5, 5.41) is 9.80. The Morgan fingerprint density at radius 3 is 2.78 bits per heavy atom. The van der Waals surface area contributed by atoms with Crippen LogP contribution < -0.4 is 10.6 Å². The van der Waals surface area contributed by atoms with Gasteiger partial charge in [0.2, 0.25) is 0 Å². The van der Waals surface area contributed by atoms with Gasteiger partial charge in [0.1, 0.15) is 0 Å². The second-order valence-electron chi connectivity index (χ2n) is 5.29. The van der Waals surface area contributed by atoms with Crippen molar-refractivity contribution in [1.82, 2.24) is 19.7 Å². The molecule has 0 atom stereocenters. The Balaban J connectivity index is 1.52. The minimum atomic E-state index is -0.210. The first-order chi connectivity index (χ1) is 11.2. The molecule has 2 heterocycles. The van der Waals surface area contributed by atoms with Crippen LogP contribution >= 0.6 is 0 Å². The molecule has 0 aliphatic heterocycles.